The van der Waals surface area contributed by atoms with Gasteiger partial charge in [-0.3, -0.25) is 0 Å². The van der Waals surface area contributed by atoms with Crippen molar-refractivity contribution in [2.24, 2.45) is 0 Å². The number of halogens is 4. The molecule has 10 aromatic carbocycles. The van der Waals surface area contributed by atoms with Gasteiger partial charge in [-0.05, 0) is 103 Å². The maximum atomic E-state index is 17.3. The number of hydrogen-bond acceptors (Lipinski definition) is 2. The van der Waals surface area contributed by atoms with Crippen molar-refractivity contribution in [2.45, 2.75) is 91.7 Å². The summed E-state index contributed by atoms with van der Waals surface area (Å²) in [6.45, 7) is 26.3. The third-order valence-corrected chi connectivity index (χ3v) is 18.8. The Balaban J connectivity index is 1.19. The van der Waals surface area contributed by atoms with E-state index in [9.17, 15) is 0 Å². The molecule has 0 amide bonds. The lowest BCUT2D eigenvalue weighted by Crippen LogP contribution is -2.37. The smallest absolute Gasteiger partial charge is 0.148 e. The highest BCUT2D eigenvalue weighted by molar-refractivity contribution is 6.89. The molecule has 0 N–H and O–H groups in total. The van der Waals surface area contributed by atoms with Crippen LogP contribution in [-0.4, -0.2) is 16.1 Å². The standard InChI is InChI=1S/C66H64F4N2Si2/c1-65(2,3)45-17-13-15-43(35-45)53-37-57(69)61(39-55(53)67)71(47-23-27-49(28-24-47)73(7,8)9)59-33-21-41-20-32-52-60(34-22-42-19-31-51(59)63(41)64(42)52)72(48-25-29-50(30-26-48)74(10,11)12)62-40-56(68)54(38-58(62)70)44-16-14-18-46(36-44)66(4,5)6/h13-40H,1-12H3. The maximum absolute atomic E-state index is 17.3. The second-order valence-corrected chi connectivity index (χ2v) is 34.2. The van der Waals surface area contributed by atoms with E-state index in [1.54, 1.807) is 0 Å². The van der Waals surface area contributed by atoms with E-state index in [-0.39, 0.29) is 33.3 Å². The first-order chi connectivity index (χ1) is 34.9. The molecule has 10 aromatic rings. The third kappa shape index (κ3) is 9.32. The van der Waals surface area contributed by atoms with Crippen LogP contribution in [0.3, 0.4) is 0 Å². The van der Waals surface area contributed by atoms with E-state index in [1.165, 1.54) is 34.6 Å². The van der Waals surface area contributed by atoms with Crippen LogP contribution in [0.25, 0.3) is 54.6 Å². The van der Waals surface area contributed by atoms with Gasteiger partial charge in [0.15, 0.2) is 0 Å². The summed E-state index contributed by atoms with van der Waals surface area (Å²) in [6, 6.07) is 53.4. The first-order valence-electron chi connectivity index (χ1n) is 25.6. The van der Waals surface area contributed by atoms with Gasteiger partial charge >= 0.3 is 0 Å². The zero-order valence-electron chi connectivity index (χ0n) is 44.6. The maximum Gasteiger partial charge on any atom is 0.148 e. The summed E-state index contributed by atoms with van der Waals surface area (Å²) in [7, 11) is -3.46. The van der Waals surface area contributed by atoms with Gasteiger partial charge in [0.2, 0.25) is 0 Å². The summed E-state index contributed by atoms with van der Waals surface area (Å²) in [5.41, 5.74) is 6.12. The molecular weight excluding hydrogens is 953 g/mol. The van der Waals surface area contributed by atoms with Gasteiger partial charge in [-0.15, -0.1) is 0 Å². The molecule has 0 atom stereocenters. The highest BCUT2D eigenvalue weighted by Gasteiger charge is 2.28. The molecule has 0 saturated carbocycles. The second kappa shape index (κ2) is 18.4. The number of benzene rings is 10. The molecule has 8 heteroatoms. The van der Waals surface area contributed by atoms with Crippen molar-refractivity contribution in [1.82, 2.24) is 0 Å². The molecule has 0 aliphatic rings. The minimum atomic E-state index is -1.73. The van der Waals surface area contributed by atoms with Crippen LogP contribution < -0.4 is 20.2 Å². The van der Waals surface area contributed by atoms with E-state index in [0.717, 1.165) is 43.4 Å². The lowest BCUT2D eigenvalue weighted by Gasteiger charge is -2.30. The Bertz CT molecular complexity index is 3510. The molecule has 2 nitrogen and oxygen atoms in total. The quantitative estimate of drug-likeness (QED) is 0.0765. The minimum absolute atomic E-state index is 0.0775. The summed E-state index contributed by atoms with van der Waals surface area (Å²) in [5, 5.41) is 7.83. The molecule has 0 bridgehead atoms. The number of nitrogens with zero attached hydrogens (tertiary/aromatic N) is 2. The lowest BCUT2D eigenvalue weighted by atomic mass is 9.85. The lowest BCUT2D eigenvalue weighted by molar-refractivity contribution is 0.589. The summed E-state index contributed by atoms with van der Waals surface area (Å²) >= 11 is 0. The van der Waals surface area contributed by atoms with Gasteiger partial charge in [-0.1, -0.05) is 200 Å². The first kappa shape index (κ1) is 50.5. The fourth-order valence-electron chi connectivity index (χ4n) is 10.4. The zero-order chi connectivity index (χ0) is 52.8. The van der Waals surface area contributed by atoms with E-state index in [2.05, 4.69) is 129 Å². The molecule has 0 spiro atoms. The number of anilines is 6. The fraction of sp³-hybridized carbons (Fsp3) is 0.212. The molecule has 74 heavy (non-hydrogen) atoms. The molecular formula is C66H64F4N2Si2. The zero-order valence-corrected chi connectivity index (χ0v) is 46.6. The Labute approximate surface area is 436 Å². The van der Waals surface area contributed by atoms with Crippen molar-refractivity contribution in [3.05, 3.63) is 204 Å². The van der Waals surface area contributed by atoms with Gasteiger partial charge in [0.25, 0.3) is 0 Å². The summed E-state index contributed by atoms with van der Waals surface area (Å²) in [6.07, 6.45) is 0. The topological polar surface area (TPSA) is 6.48 Å². The van der Waals surface area contributed by atoms with Crippen LogP contribution in [0.1, 0.15) is 52.7 Å². The minimum Gasteiger partial charge on any atom is -0.307 e. The van der Waals surface area contributed by atoms with Crippen molar-refractivity contribution in [2.75, 3.05) is 9.80 Å². The molecule has 0 radical (unpaired) electrons. The molecule has 0 aromatic heterocycles. The highest BCUT2D eigenvalue weighted by atomic mass is 28.3. The van der Waals surface area contributed by atoms with Crippen LogP contribution in [0.15, 0.2) is 170 Å². The van der Waals surface area contributed by atoms with Crippen LogP contribution in [0.5, 0.6) is 0 Å². The second-order valence-electron chi connectivity index (χ2n) is 24.1. The summed E-state index contributed by atoms with van der Waals surface area (Å²) in [4.78, 5) is 3.66. The molecule has 0 aliphatic carbocycles. The highest BCUT2D eigenvalue weighted by Crippen LogP contribution is 2.49. The molecule has 10 rings (SSSR count). The van der Waals surface area contributed by atoms with Gasteiger partial charge in [0.1, 0.15) is 23.3 Å². The van der Waals surface area contributed by atoms with Gasteiger partial charge in [-0.2, -0.15) is 0 Å². The van der Waals surface area contributed by atoms with Crippen molar-refractivity contribution >= 4 is 93.0 Å². The predicted octanol–water partition coefficient (Wildman–Crippen LogP) is 19.1. The third-order valence-electron chi connectivity index (χ3n) is 14.7. The van der Waals surface area contributed by atoms with Crippen LogP contribution >= 0.6 is 0 Å². The van der Waals surface area contributed by atoms with Crippen molar-refractivity contribution in [3.8, 4) is 22.3 Å². The van der Waals surface area contributed by atoms with Crippen molar-refractivity contribution in [3.63, 3.8) is 0 Å². The molecule has 0 heterocycles. The van der Waals surface area contributed by atoms with Crippen molar-refractivity contribution < 1.29 is 17.6 Å². The van der Waals surface area contributed by atoms with Crippen LogP contribution in [0.2, 0.25) is 39.3 Å². The molecule has 0 unspecified atom stereocenters. The van der Waals surface area contributed by atoms with E-state index in [0.29, 0.717) is 33.9 Å². The van der Waals surface area contributed by atoms with Gasteiger partial charge < -0.3 is 9.80 Å². The van der Waals surface area contributed by atoms with Crippen LogP contribution in [-0.2, 0) is 10.8 Å². The van der Waals surface area contributed by atoms with Crippen LogP contribution in [0.4, 0.5) is 51.7 Å². The Morgan fingerprint density at radius 2 is 0.703 bits per heavy atom. The van der Waals surface area contributed by atoms with Gasteiger partial charge in [-0.25, -0.2) is 17.6 Å². The predicted molar refractivity (Wildman–Crippen MR) is 314 cm³/mol. The number of hydrogen-bond donors (Lipinski definition) is 0. The van der Waals surface area contributed by atoms with E-state index in [1.807, 2.05) is 107 Å². The largest absolute Gasteiger partial charge is 0.307 e. The molecule has 374 valence electrons. The monoisotopic (exact) mass is 1020 g/mol. The van der Waals surface area contributed by atoms with Gasteiger partial charge in [0.05, 0.1) is 38.9 Å². The fourth-order valence-corrected chi connectivity index (χ4v) is 12.7. The average molecular weight is 1020 g/mol. The summed E-state index contributed by atoms with van der Waals surface area (Å²) in [5.74, 6) is -2.20. The SMILES string of the molecule is CC(C)(C)c1cccc(-c2cc(F)c(N(c3ccc([Si](C)(C)C)cc3)c3ccc4ccc5c(N(c6ccc([Si](C)(C)C)cc6)c6cc(F)c(-c7cccc(C(C)(C)C)c7)cc6F)ccc6ccc3c4c65)cc2F)c1. The Hall–Kier alpha value is -7.01. The normalized spacial score (nSPS) is 12.6. The average Bonchev–Trinajstić information content (AvgIpc) is 3.35. The first-order valence-corrected chi connectivity index (χ1v) is 32.6. The Kier molecular flexibility index (Phi) is 12.6. The number of rotatable bonds is 10. The Morgan fingerprint density at radius 1 is 0.351 bits per heavy atom. The molecule has 0 fully saturated rings. The molecule has 0 saturated heterocycles. The van der Waals surface area contributed by atoms with E-state index < -0.39 is 39.4 Å². The molecule has 0 aliphatic heterocycles. The van der Waals surface area contributed by atoms with E-state index in [4.69, 9.17) is 0 Å². The van der Waals surface area contributed by atoms with Gasteiger partial charge in [0, 0.05) is 45.4 Å². The summed E-state index contributed by atoms with van der Waals surface area (Å²) < 4.78 is 68.3. The Morgan fingerprint density at radius 3 is 1.04 bits per heavy atom. The van der Waals surface area contributed by atoms with Crippen LogP contribution in [0, 0.1) is 23.3 Å². The van der Waals surface area contributed by atoms with E-state index >= 15 is 17.6 Å². The van der Waals surface area contributed by atoms with Crippen molar-refractivity contribution in [1.29, 1.82) is 0 Å².